The minimum Gasteiger partial charge on any atom is -0.444 e. The van der Waals surface area contributed by atoms with Crippen molar-refractivity contribution in [3.8, 4) is 23.7 Å². The van der Waals surface area contributed by atoms with Gasteiger partial charge in [-0.3, -0.25) is 14.5 Å². The monoisotopic (exact) mass is 606 g/mol. The highest BCUT2D eigenvalue weighted by molar-refractivity contribution is 7.17. The predicted molar refractivity (Wildman–Crippen MR) is 166 cm³/mol. The van der Waals surface area contributed by atoms with Crippen LogP contribution in [-0.2, 0) is 11.2 Å². The van der Waals surface area contributed by atoms with Gasteiger partial charge >= 0.3 is 0 Å². The Morgan fingerprint density at radius 1 is 1.02 bits per heavy atom. The van der Waals surface area contributed by atoms with Crippen LogP contribution in [0.2, 0.25) is 0 Å². The predicted octanol–water partition coefficient (Wildman–Crippen LogP) is 6.88. The molecule has 6 rings (SSSR count). The van der Waals surface area contributed by atoms with E-state index in [0.29, 0.717) is 28.4 Å². The molecule has 3 aromatic heterocycles. The number of rotatable bonds is 9. The number of thiophene rings is 1. The van der Waals surface area contributed by atoms with Crippen molar-refractivity contribution in [3.05, 3.63) is 124 Å². The molecule has 3 aromatic carbocycles. The lowest BCUT2D eigenvalue weighted by Crippen LogP contribution is -2.44. The number of halogens is 1. The van der Waals surface area contributed by atoms with Crippen molar-refractivity contribution in [2.24, 2.45) is 0 Å². The Bertz CT molecular complexity index is 1920. The van der Waals surface area contributed by atoms with E-state index in [1.165, 1.54) is 46.1 Å². The highest BCUT2D eigenvalue weighted by atomic mass is 32.1. The van der Waals surface area contributed by atoms with Crippen molar-refractivity contribution in [2.45, 2.75) is 12.5 Å². The van der Waals surface area contributed by atoms with E-state index in [0.717, 1.165) is 21.2 Å². The fourth-order valence-corrected chi connectivity index (χ4v) is 6.35. The summed E-state index contributed by atoms with van der Waals surface area (Å²) in [5.74, 6) is 1.88. The number of thiazole rings is 1. The Morgan fingerprint density at radius 2 is 1.81 bits per heavy atom. The summed E-state index contributed by atoms with van der Waals surface area (Å²) in [4.78, 5) is 38.2. The largest absolute Gasteiger partial charge is 0.444 e. The fourth-order valence-electron chi connectivity index (χ4n) is 4.78. The molecule has 3 heterocycles. The van der Waals surface area contributed by atoms with Gasteiger partial charge in [0.1, 0.15) is 17.6 Å². The van der Waals surface area contributed by atoms with Crippen LogP contribution in [0, 0.1) is 18.2 Å². The third kappa shape index (κ3) is 5.95. The third-order valence-electron chi connectivity index (χ3n) is 6.87. The number of nitrogens with zero attached hydrogens (tertiary/aromatic N) is 3. The van der Waals surface area contributed by atoms with Crippen molar-refractivity contribution in [2.75, 3.05) is 11.4 Å². The van der Waals surface area contributed by atoms with E-state index >= 15 is 0 Å². The minimum absolute atomic E-state index is 0.140. The summed E-state index contributed by atoms with van der Waals surface area (Å²) >= 11 is 2.68. The quantitative estimate of drug-likeness (QED) is 0.181. The van der Waals surface area contributed by atoms with Crippen molar-refractivity contribution in [1.29, 1.82) is 0 Å². The Kier molecular flexibility index (Phi) is 8.09. The van der Waals surface area contributed by atoms with Gasteiger partial charge in [0.05, 0.1) is 6.20 Å². The van der Waals surface area contributed by atoms with Gasteiger partial charge in [0.15, 0.2) is 17.2 Å². The van der Waals surface area contributed by atoms with Gasteiger partial charge in [-0.2, -0.15) is 0 Å². The number of hydrogen-bond acceptors (Lipinski definition) is 7. The van der Waals surface area contributed by atoms with E-state index in [1.807, 2.05) is 29.6 Å². The van der Waals surface area contributed by atoms with Crippen LogP contribution in [0.15, 0.2) is 101 Å². The van der Waals surface area contributed by atoms with E-state index in [2.05, 4.69) is 21.2 Å². The Balaban J connectivity index is 1.42. The highest BCUT2D eigenvalue weighted by Crippen LogP contribution is 2.37. The molecule has 0 radical (unpaired) electrons. The van der Waals surface area contributed by atoms with Crippen LogP contribution in [-0.4, -0.2) is 28.3 Å². The summed E-state index contributed by atoms with van der Waals surface area (Å²) in [5.41, 5.74) is 2.94. The maximum Gasteiger partial charge on any atom is 0.278 e. The number of benzene rings is 3. The molecule has 1 unspecified atom stereocenters. The van der Waals surface area contributed by atoms with Crippen molar-refractivity contribution in [1.82, 2.24) is 15.3 Å². The molecule has 0 aliphatic heterocycles. The Hall–Kier alpha value is -5.11. The first-order valence-corrected chi connectivity index (χ1v) is 15.0. The lowest BCUT2D eigenvalue weighted by molar-refractivity contribution is -0.122. The number of terminal acetylenes is 1. The number of oxazole rings is 1. The Labute approximate surface area is 254 Å². The number of amides is 2. The average molecular weight is 607 g/mol. The fraction of sp³-hybridized carbons (Fsp3) is 0.0909. The average Bonchev–Trinajstić information content (AvgIpc) is 3.82. The molecule has 1 N–H and O–H groups in total. The lowest BCUT2D eigenvalue weighted by atomic mass is 10.0. The van der Waals surface area contributed by atoms with Gasteiger partial charge in [-0.1, -0.05) is 30.3 Å². The SMILES string of the molecule is C#Cc1nc(C(=O)N(c2ccc(-c3cnco3)cc2)C(C(=O)NCCc2ccc(F)cc2)c2csc3ccccc23)cs1. The normalized spacial score (nSPS) is 11.6. The second-order valence-corrected chi connectivity index (χ2v) is 11.3. The number of fused-ring (bicyclic) bond motifs is 1. The van der Waals surface area contributed by atoms with Gasteiger partial charge in [0.2, 0.25) is 5.91 Å². The first-order chi connectivity index (χ1) is 21.0. The van der Waals surface area contributed by atoms with Gasteiger partial charge in [0, 0.05) is 33.4 Å². The molecule has 7 nitrogen and oxygen atoms in total. The third-order valence-corrected chi connectivity index (χ3v) is 8.62. The number of carbonyl (C=O) groups is 2. The lowest BCUT2D eigenvalue weighted by Gasteiger charge is -2.31. The summed E-state index contributed by atoms with van der Waals surface area (Å²) < 4.78 is 19.8. The van der Waals surface area contributed by atoms with E-state index in [-0.39, 0.29) is 24.0 Å². The summed E-state index contributed by atoms with van der Waals surface area (Å²) in [5, 5.41) is 7.75. The number of anilines is 1. The van der Waals surface area contributed by atoms with Gasteiger partial charge in [-0.25, -0.2) is 14.4 Å². The van der Waals surface area contributed by atoms with Gasteiger partial charge in [-0.15, -0.1) is 29.1 Å². The minimum atomic E-state index is -1.04. The zero-order valence-electron chi connectivity index (χ0n) is 22.6. The molecule has 0 saturated heterocycles. The van der Waals surface area contributed by atoms with Crippen molar-refractivity contribution in [3.63, 3.8) is 0 Å². The molecule has 0 spiro atoms. The zero-order valence-corrected chi connectivity index (χ0v) is 24.2. The summed E-state index contributed by atoms with van der Waals surface area (Å²) in [6.07, 6.45) is 8.98. The number of carbonyl (C=O) groups excluding carboxylic acids is 2. The van der Waals surface area contributed by atoms with Gasteiger partial charge in [0.25, 0.3) is 5.91 Å². The standard InChI is InChI=1S/C33H23FN4O3S2/c1-2-30-37-27(19-43-30)33(40)38(24-13-9-22(10-14-24)28-17-35-20-41-28)31(26-18-42-29-6-4-3-5-25(26)29)32(39)36-16-15-21-7-11-23(34)12-8-21/h1,3-14,17-20,31H,15-16H2,(H,36,39). The molecule has 0 fully saturated rings. The molecular weight excluding hydrogens is 584 g/mol. The highest BCUT2D eigenvalue weighted by Gasteiger charge is 2.36. The number of aromatic nitrogens is 2. The summed E-state index contributed by atoms with van der Waals surface area (Å²) in [7, 11) is 0. The molecule has 6 aromatic rings. The smallest absolute Gasteiger partial charge is 0.278 e. The van der Waals surface area contributed by atoms with Crippen LogP contribution in [0.3, 0.4) is 0 Å². The summed E-state index contributed by atoms with van der Waals surface area (Å²) in [6.45, 7) is 0.285. The molecule has 0 aliphatic carbocycles. The van der Waals surface area contributed by atoms with Crippen LogP contribution < -0.4 is 10.2 Å². The Morgan fingerprint density at radius 3 is 2.53 bits per heavy atom. The molecule has 43 heavy (non-hydrogen) atoms. The number of hydrogen-bond donors (Lipinski definition) is 1. The van der Waals surface area contributed by atoms with Gasteiger partial charge < -0.3 is 9.73 Å². The molecule has 1 atom stereocenters. The molecular formula is C33H23FN4O3S2. The zero-order chi connectivity index (χ0) is 29.8. The second kappa shape index (κ2) is 12.4. The van der Waals surface area contributed by atoms with E-state index in [1.54, 1.807) is 48.0 Å². The number of nitrogens with one attached hydrogen (secondary N) is 1. The first-order valence-electron chi connectivity index (χ1n) is 13.2. The molecule has 10 heteroatoms. The molecule has 212 valence electrons. The van der Waals surface area contributed by atoms with Crippen LogP contribution in [0.25, 0.3) is 21.4 Å². The second-order valence-electron chi connectivity index (χ2n) is 9.53. The molecule has 0 aliphatic rings. The van der Waals surface area contributed by atoms with Crippen LogP contribution >= 0.6 is 22.7 Å². The van der Waals surface area contributed by atoms with Crippen LogP contribution in [0.5, 0.6) is 0 Å². The van der Waals surface area contributed by atoms with E-state index in [9.17, 15) is 14.0 Å². The first kappa shape index (κ1) is 28.0. The molecule has 0 bridgehead atoms. The van der Waals surface area contributed by atoms with E-state index in [4.69, 9.17) is 10.8 Å². The topological polar surface area (TPSA) is 88.3 Å². The van der Waals surface area contributed by atoms with Crippen molar-refractivity contribution >= 4 is 50.3 Å². The maximum atomic E-state index is 14.3. The van der Waals surface area contributed by atoms with Crippen LogP contribution in [0.1, 0.15) is 32.7 Å². The molecule has 2 amide bonds. The van der Waals surface area contributed by atoms with Crippen molar-refractivity contribution < 1.29 is 18.4 Å². The molecule has 0 saturated carbocycles. The van der Waals surface area contributed by atoms with Crippen LogP contribution in [0.4, 0.5) is 10.1 Å². The van der Waals surface area contributed by atoms with Gasteiger partial charge in [-0.05, 0) is 71.1 Å². The van der Waals surface area contributed by atoms with E-state index < -0.39 is 11.9 Å². The maximum absolute atomic E-state index is 14.3. The summed E-state index contributed by atoms with van der Waals surface area (Å²) in [6, 6.07) is 20.0.